The summed E-state index contributed by atoms with van der Waals surface area (Å²) in [5, 5.41) is 0. The van der Waals surface area contributed by atoms with Crippen molar-refractivity contribution in [1.82, 2.24) is 0 Å². The Morgan fingerprint density at radius 3 is 1.23 bits per heavy atom. The van der Waals surface area contributed by atoms with Gasteiger partial charge >= 0.3 is 0 Å². The third-order valence-electron chi connectivity index (χ3n) is 6.03. The Bertz CT molecular complexity index is 1090. The molecule has 2 heteroatoms. The first kappa shape index (κ1) is 20.3. The number of benzene rings is 4. The molecule has 4 aliphatic rings. The Kier molecular flexibility index (Phi) is 5.96. The van der Waals surface area contributed by atoms with Gasteiger partial charge in [0.1, 0.15) is 0 Å². The fourth-order valence-corrected chi connectivity index (χ4v) is 5.07. The quantitative estimate of drug-likeness (QED) is 0.201. The van der Waals surface area contributed by atoms with E-state index in [4.69, 9.17) is 0 Å². The second kappa shape index (κ2) is 8.83. The van der Waals surface area contributed by atoms with Gasteiger partial charge in [0.2, 0.25) is 0 Å². The van der Waals surface area contributed by atoms with Crippen molar-refractivity contribution in [3.8, 4) is 22.3 Å². The molecule has 0 N–H and O–H groups in total. The number of halogens is 2. The van der Waals surface area contributed by atoms with Crippen LogP contribution in [0.25, 0.3) is 22.3 Å². The summed E-state index contributed by atoms with van der Waals surface area (Å²) in [5.74, 6) is 0. The number of rotatable bonds is 2. The minimum absolute atomic E-state index is 1.06. The molecule has 0 fully saturated rings. The fraction of sp³-hybridized carbons (Fsp3) is 0.143. The molecule has 0 saturated carbocycles. The van der Waals surface area contributed by atoms with Crippen LogP contribution in [0, 0.1) is 7.14 Å². The van der Waals surface area contributed by atoms with Gasteiger partial charge in [-0.3, -0.25) is 0 Å². The maximum atomic E-state index is 2.43. The minimum Gasteiger partial charge on any atom is -0.0587 e. The molecule has 0 spiro atoms. The molecule has 4 aromatic carbocycles. The molecule has 0 atom stereocenters. The lowest BCUT2D eigenvalue weighted by atomic mass is 9.88. The van der Waals surface area contributed by atoms with Gasteiger partial charge in [-0.2, -0.15) is 0 Å². The average molecular weight is 612 g/mol. The van der Waals surface area contributed by atoms with Crippen molar-refractivity contribution < 1.29 is 0 Å². The topological polar surface area (TPSA) is 0 Å². The van der Waals surface area contributed by atoms with Crippen LogP contribution in [-0.2, 0) is 25.7 Å². The van der Waals surface area contributed by atoms with Gasteiger partial charge in [0.25, 0.3) is 0 Å². The van der Waals surface area contributed by atoms with Gasteiger partial charge < -0.3 is 0 Å². The number of aryl methyl sites for hydroxylation is 4. The van der Waals surface area contributed by atoms with E-state index in [1.807, 2.05) is 0 Å². The summed E-state index contributed by atoms with van der Waals surface area (Å²) in [6, 6.07) is 32.1. The Morgan fingerprint density at radius 2 is 0.833 bits per heavy atom. The summed E-state index contributed by atoms with van der Waals surface area (Å²) in [4.78, 5) is 0. The van der Waals surface area contributed by atoms with E-state index in [0.717, 1.165) is 25.7 Å². The molecule has 148 valence electrons. The van der Waals surface area contributed by atoms with Crippen molar-refractivity contribution >= 4 is 45.2 Å². The first-order valence-corrected chi connectivity index (χ1v) is 12.6. The predicted octanol–water partition coefficient (Wildman–Crippen LogP) is 8.11. The lowest BCUT2D eigenvalue weighted by Crippen LogP contribution is -2.02. The zero-order valence-electron chi connectivity index (χ0n) is 16.7. The van der Waals surface area contributed by atoms with Crippen LogP contribution in [0.5, 0.6) is 0 Å². The molecule has 8 rings (SSSR count). The van der Waals surface area contributed by atoms with Gasteiger partial charge in [0.15, 0.2) is 0 Å². The van der Waals surface area contributed by atoms with E-state index < -0.39 is 0 Å². The zero-order chi connectivity index (χ0) is 20.5. The Morgan fingerprint density at radius 1 is 0.433 bits per heavy atom. The van der Waals surface area contributed by atoms with Gasteiger partial charge in [-0.15, -0.1) is 0 Å². The standard InChI is InChI=1S/C28H22I2/c29-25-13-9-23(10-14-25)27-17-19-1-5-21(27)8-4-20-2-6-22(7-3-19)28(18-20)24-11-15-26(30)16-12-24/h1-2,5-6,9-18H,3-4,7-8H2. The van der Waals surface area contributed by atoms with Crippen molar-refractivity contribution in [3.63, 3.8) is 0 Å². The maximum absolute atomic E-state index is 2.43. The van der Waals surface area contributed by atoms with E-state index in [1.165, 1.54) is 51.6 Å². The van der Waals surface area contributed by atoms with Crippen molar-refractivity contribution in [2.45, 2.75) is 25.7 Å². The van der Waals surface area contributed by atoms with Gasteiger partial charge in [-0.25, -0.2) is 0 Å². The summed E-state index contributed by atoms with van der Waals surface area (Å²) in [7, 11) is 0. The number of hydrogen-bond donors (Lipinski definition) is 0. The van der Waals surface area contributed by atoms with E-state index in [9.17, 15) is 0 Å². The fourth-order valence-electron chi connectivity index (χ4n) is 4.35. The SMILES string of the molecule is Ic1ccc(-c2cc3ccc2CCc2ccc(c(-c4ccc(I)cc4)c2)CC3)cc1. The van der Waals surface area contributed by atoms with Gasteiger partial charge in [0, 0.05) is 7.14 Å². The van der Waals surface area contributed by atoms with Crippen LogP contribution < -0.4 is 0 Å². The summed E-state index contributed by atoms with van der Waals surface area (Å²) < 4.78 is 2.57. The van der Waals surface area contributed by atoms with Gasteiger partial charge in [-0.05, 0) is 140 Å². The monoisotopic (exact) mass is 612 g/mol. The van der Waals surface area contributed by atoms with E-state index in [2.05, 4.69) is 130 Å². The highest BCUT2D eigenvalue weighted by Crippen LogP contribution is 2.31. The molecule has 4 bridgehead atoms. The van der Waals surface area contributed by atoms with Crippen LogP contribution >= 0.6 is 45.2 Å². The van der Waals surface area contributed by atoms with Gasteiger partial charge in [0.05, 0.1) is 0 Å². The van der Waals surface area contributed by atoms with Crippen molar-refractivity contribution in [1.29, 1.82) is 0 Å². The highest BCUT2D eigenvalue weighted by Gasteiger charge is 2.13. The number of hydrogen-bond acceptors (Lipinski definition) is 0. The summed E-state index contributed by atoms with van der Waals surface area (Å²) in [6.07, 6.45) is 4.25. The second-order valence-electron chi connectivity index (χ2n) is 8.00. The average Bonchev–Trinajstić information content (AvgIpc) is 2.76. The highest BCUT2D eigenvalue weighted by atomic mass is 127. The highest BCUT2D eigenvalue weighted by molar-refractivity contribution is 14.1. The second-order valence-corrected chi connectivity index (χ2v) is 10.5. The predicted molar refractivity (Wildman–Crippen MR) is 144 cm³/mol. The third-order valence-corrected chi connectivity index (χ3v) is 7.46. The molecule has 0 radical (unpaired) electrons. The van der Waals surface area contributed by atoms with Crippen LogP contribution in [0.2, 0.25) is 0 Å². The smallest absolute Gasteiger partial charge is 0.0130 e. The molecule has 0 amide bonds. The van der Waals surface area contributed by atoms with Crippen LogP contribution in [-0.4, -0.2) is 0 Å². The van der Waals surface area contributed by atoms with Crippen molar-refractivity contribution in [2.75, 3.05) is 0 Å². The molecular weight excluding hydrogens is 590 g/mol. The normalized spacial score (nSPS) is 13.1. The molecule has 0 heterocycles. The van der Waals surface area contributed by atoms with E-state index in [-0.39, 0.29) is 0 Å². The lowest BCUT2D eigenvalue weighted by molar-refractivity contribution is 0.925. The van der Waals surface area contributed by atoms with Crippen LogP contribution in [0.15, 0.2) is 84.9 Å². The molecule has 4 aromatic rings. The molecule has 4 aliphatic carbocycles. The third kappa shape index (κ3) is 4.35. The first-order chi connectivity index (χ1) is 14.7. The summed E-state index contributed by atoms with van der Waals surface area (Å²) in [6.45, 7) is 0. The van der Waals surface area contributed by atoms with Gasteiger partial charge in [-0.1, -0.05) is 60.7 Å². The molecule has 0 aliphatic heterocycles. The summed E-state index contributed by atoms with van der Waals surface area (Å²) in [5.41, 5.74) is 11.2. The zero-order valence-corrected chi connectivity index (χ0v) is 21.0. The maximum Gasteiger partial charge on any atom is 0.0130 e. The Hall–Kier alpha value is -1.66. The van der Waals surface area contributed by atoms with Crippen LogP contribution in [0.4, 0.5) is 0 Å². The minimum atomic E-state index is 1.06. The lowest BCUT2D eigenvalue weighted by Gasteiger charge is -2.17. The molecule has 30 heavy (non-hydrogen) atoms. The Balaban J connectivity index is 1.55. The van der Waals surface area contributed by atoms with Crippen LogP contribution in [0.1, 0.15) is 22.3 Å². The molecule has 0 unspecified atom stereocenters. The molecule has 0 nitrogen and oxygen atoms in total. The molecule has 0 saturated heterocycles. The van der Waals surface area contributed by atoms with E-state index >= 15 is 0 Å². The van der Waals surface area contributed by atoms with E-state index in [1.54, 1.807) is 0 Å². The summed E-state index contributed by atoms with van der Waals surface area (Å²) >= 11 is 4.76. The first-order valence-electron chi connectivity index (χ1n) is 10.4. The van der Waals surface area contributed by atoms with Crippen LogP contribution in [0.3, 0.4) is 0 Å². The molecular formula is C28H22I2. The molecule has 0 aromatic heterocycles. The van der Waals surface area contributed by atoms with E-state index in [0.29, 0.717) is 0 Å². The van der Waals surface area contributed by atoms with Crippen molar-refractivity contribution in [3.05, 3.63) is 114 Å². The van der Waals surface area contributed by atoms with Crippen molar-refractivity contribution in [2.24, 2.45) is 0 Å². The largest absolute Gasteiger partial charge is 0.0587 e. The Labute approximate surface area is 206 Å².